The van der Waals surface area contributed by atoms with Gasteiger partial charge in [0.1, 0.15) is 5.75 Å². The molecule has 0 aliphatic carbocycles. The Balaban J connectivity index is 1.49. The third-order valence-corrected chi connectivity index (χ3v) is 6.47. The fourth-order valence-corrected chi connectivity index (χ4v) is 4.70. The third kappa shape index (κ3) is 5.30. The molecule has 0 aromatic heterocycles. The van der Waals surface area contributed by atoms with Crippen molar-refractivity contribution >= 4 is 23.3 Å². The van der Waals surface area contributed by atoms with Crippen LogP contribution in [0.5, 0.6) is 5.75 Å². The Morgan fingerprint density at radius 3 is 2.09 bits per heavy atom. The first-order valence-electron chi connectivity index (χ1n) is 11.9. The number of para-hydroxylation sites is 2. The van der Waals surface area contributed by atoms with Crippen LogP contribution in [0.3, 0.4) is 0 Å². The van der Waals surface area contributed by atoms with E-state index in [1.54, 1.807) is 43.5 Å². The minimum Gasteiger partial charge on any atom is -0.495 e. The van der Waals surface area contributed by atoms with Gasteiger partial charge in [0.15, 0.2) is 5.78 Å². The van der Waals surface area contributed by atoms with Crippen molar-refractivity contribution < 1.29 is 19.4 Å². The second-order valence-electron chi connectivity index (χ2n) is 8.48. The van der Waals surface area contributed by atoms with Crippen LogP contribution in [0.4, 0.5) is 16.2 Å². The molecule has 0 bridgehead atoms. The standard InChI is InChI=1S/C28H31N3O4/c1-3-26(30-19-17-29(18-20-30)24-11-7-8-12-25(24)35-2)31(28(33)34)23-15-13-22(14-16-23)27(32)21-9-5-4-6-10-21/h4-16,26H,3,17-20H2,1-2H3,(H,33,34). The summed E-state index contributed by atoms with van der Waals surface area (Å²) in [6.45, 7) is 5.00. The van der Waals surface area contributed by atoms with E-state index in [0.29, 0.717) is 23.2 Å². The molecule has 1 amide bonds. The Labute approximate surface area is 206 Å². The average molecular weight is 474 g/mol. The summed E-state index contributed by atoms with van der Waals surface area (Å²) in [5.74, 6) is 0.754. The summed E-state index contributed by atoms with van der Waals surface area (Å²) in [6, 6.07) is 23.9. The van der Waals surface area contributed by atoms with Gasteiger partial charge in [-0.3, -0.25) is 14.6 Å². The molecule has 1 unspecified atom stereocenters. The number of ketones is 1. The lowest BCUT2D eigenvalue weighted by atomic mass is 10.0. The Bertz CT molecular complexity index is 1140. The molecule has 35 heavy (non-hydrogen) atoms. The molecule has 3 aromatic carbocycles. The van der Waals surface area contributed by atoms with Crippen molar-refractivity contribution in [2.45, 2.75) is 19.5 Å². The zero-order valence-electron chi connectivity index (χ0n) is 20.1. The van der Waals surface area contributed by atoms with Gasteiger partial charge in [0.2, 0.25) is 0 Å². The zero-order valence-corrected chi connectivity index (χ0v) is 20.1. The number of methoxy groups -OCH3 is 1. The van der Waals surface area contributed by atoms with Crippen LogP contribution in [0.2, 0.25) is 0 Å². The predicted molar refractivity (Wildman–Crippen MR) is 138 cm³/mol. The molecule has 1 saturated heterocycles. The number of benzene rings is 3. The number of piperazine rings is 1. The number of carbonyl (C=O) groups excluding carboxylic acids is 1. The maximum atomic E-state index is 12.7. The Hall–Kier alpha value is -3.84. The first-order valence-corrected chi connectivity index (χ1v) is 11.9. The van der Waals surface area contributed by atoms with Gasteiger partial charge in [-0.05, 0) is 42.8 Å². The lowest BCUT2D eigenvalue weighted by molar-refractivity contribution is 0.103. The van der Waals surface area contributed by atoms with E-state index in [0.717, 1.165) is 37.6 Å². The van der Waals surface area contributed by atoms with E-state index in [1.165, 1.54) is 4.90 Å². The van der Waals surface area contributed by atoms with Crippen LogP contribution in [0.1, 0.15) is 29.3 Å². The topological polar surface area (TPSA) is 73.3 Å². The number of carboxylic acid groups (broad SMARTS) is 1. The maximum absolute atomic E-state index is 12.7. The van der Waals surface area contributed by atoms with E-state index >= 15 is 0 Å². The molecule has 3 aromatic rings. The molecule has 0 saturated carbocycles. The van der Waals surface area contributed by atoms with Crippen LogP contribution in [0.15, 0.2) is 78.9 Å². The molecule has 1 aliphatic heterocycles. The van der Waals surface area contributed by atoms with Gasteiger partial charge in [0, 0.05) is 43.0 Å². The number of hydrogen-bond donors (Lipinski definition) is 1. The smallest absolute Gasteiger partial charge is 0.413 e. The first-order chi connectivity index (χ1) is 17.0. The molecule has 7 nitrogen and oxygen atoms in total. The number of rotatable bonds is 8. The maximum Gasteiger partial charge on any atom is 0.413 e. The summed E-state index contributed by atoms with van der Waals surface area (Å²) in [5, 5.41) is 10.1. The molecule has 7 heteroatoms. The third-order valence-electron chi connectivity index (χ3n) is 6.47. The molecule has 1 N–H and O–H groups in total. The van der Waals surface area contributed by atoms with E-state index in [1.807, 2.05) is 49.4 Å². The monoisotopic (exact) mass is 473 g/mol. The molecule has 1 fully saturated rings. The van der Waals surface area contributed by atoms with E-state index in [9.17, 15) is 14.7 Å². The highest BCUT2D eigenvalue weighted by molar-refractivity contribution is 6.09. The van der Waals surface area contributed by atoms with Crippen molar-refractivity contribution in [1.29, 1.82) is 0 Å². The van der Waals surface area contributed by atoms with E-state index in [4.69, 9.17) is 4.74 Å². The molecular formula is C28H31N3O4. The molecule has 1 heterocycles. The SMILES string of the molecule is CCC(N1CCN(c2ccccc2OC)CC1)N(C(=O)O)c1ccc(C(=O)c2ccccc2)cc1. The van der Waals surface area contributed by atoms with Crippen LogP contribution >= 0.6 is 0 Å². The highest BCUT2D eigenvalue weighted by atomic mass is 16.5. The fraction of sp³-hybridized carbons (Fsp3) is 0.286. The van der Waals surface area contributed by atoms with Crippen LogP contribution in [0.25, 0.3) is 0 Å². The number of carbonyl (C=O) groups is 2. The van der Waals surface area contributed by atoms with Crippen molar-refractivity contribution in [2.75, 3.05) is 43.1 Å². The minimum absolute atomic E-state index is 0.0847. The van der Waals surface area contributed by atoms with E-state index in [2.05, 4.69) is 9.80 Å². The number of anilines is 2. The van der Waals surface area contributed by atoms with Crippen LogP contribution in [-0.2, 0) is 0 Å². The summed E-state index contributed by atoms with van der Waals surface area (Å²) in [4.78, 5) is 31.0. The molecular weight excluding hydrogens is 442 g/mol. The van der Waals surface area contributed by atoms with E-state index < -0.39 is 6.09 Å². The highest BCUT2D eigenvalue weighted by Gasteiger charge is 2.32. The van der Waals surface area contributed by atoms with Crippen molar-refractivity contribution in [3.8, 4) is 5.75 Å². The number of nitrogens with zero attached hydrogens (tertiary/aromatic N) is 3. The number of ether oxygens (including phenoxy) is 1. The average Bonchev–Trinajstić information content (AvgIpc) is 2.92. The van der Waals surface area contributed by atoms with Crippen molar-refractivity contribution in [3.05, 3.63) is 90.0 Å². The molecule has 182 valence electrons. The van der Waals surface area contributed by atoms with Gasteiger partial charge in [-0.1, -0.05) is 49.4 Å². The fourth-order valence-electron chi connectivity index (χ4n) is 4.70. The zero-order chi connectivity index (χ0) is 24.8. The molecule has 1 atom stereocenters. The molecule has 0 spiro atoms. The summed E-state index contributed by atoms with van der Waals surface area (Å²) in [7, 11) is 1.67. The lowest BCUT2D eigenvalue weighted by Crippen LogP contribution is -2.57. The van der Waals surface area contributed by atoms with Crippen LogP contribution in [-0.4, -0.2) is 61.3 Å². The Kier molecular flexibility index (Phi) is 7.67. The predicted octanol–water partition coefficient (Wildman–Crippen LogP) is 4.97. The van der Waals surface area contributed by atoms with Gasteiger partial charge in [-0.25, -0.2) is 4.79 Å². The van der Waals surface area contributed by atoms with Gasteiger partial charge in [-0.15, -0.1) is 0 Å². The van der Waals surface area contributed by atoms with Crippen molar-refractivity contribution in [3.63, 3.8) is 0 Å². The summed E-state index contributed by atoms with van der Waals surface area (Å²) >= 11 is 0. The van der Waals surface area contributed by atoms with Gasteiger partial charge < -0.3 is 14.7 Å². The minimum atomic E-state index is -1.01. The second-order valence-corrected chi connectivity index (χ2v) is 8.48. The number of hydrogen-bond acceptors (Lipinski definition) is 5. The molecule has 4 rings (SSSR count). The largest absolute Gasteiger partial charge is 0.495 e. The van der Waals surface area contributed by atoms with Crippen molar-refractivity contribution in [1.82, 2.24) is 4.90 Å². The lowest BCUT2D eigenvalue weighted by Gasteiger charge is -2.43. The van der Waals surface area contributed by atoms with Gasteiger partial charge in [0.25, 0.3) is 0 Å². The summed E-state index contributed by atoms with van der Waals surface area (Å²) in [6.07, 6.45) is -0.666. The quantitative estimate of drug-likeness (QED) is 0.466. The summed E-state index contributed by atoms with van der Waals surface area (Å²) in [5.41, 5.74) is 2.75. The number of amides is 1. The molecule has 1 aliphatic rings. The van der Waals surface area contributed by atoms with Crippen LogP contribution < -0.4 is 14.5 Å². The normalized spacial score (nSPS) is 14.9. The summed E-state index contributed by atoms with van der Waals surface area (Å²) < 4.78 is 5.51. The Morgan fingerprint density at radius 1 is 0.886 bits per heavy atom. The van der Waals surface area contributed by atoms with E-state index in [-0.39, 0.29) is 11.9 Å². The van der Waals surface area contributed by atoms with Crippen LogP contribution in [0, 0.1) is 0 Å². The molecule has 0 radical (unpaired) electrons. The van der Waals surface area contributed by atoms with Gasteiger partial charge >= 0.3 is 6.09 Å². The Morgan fingerprint density at radius 2 is 1.49 bits per heavy atom. The first kappa shape index (κ1) is 24.3. The van der Waals surface area contributed by atoms with Gasteiger partial charge in [-0.2, -0.15) is 0 Å². The van der Waals surface area contributed by atoms with Gasteiger partial charge in [0.05, 0.1) is 19.0 Å². The highest BCUT2D eigenvalue weighted by Crippen LogP contribution is 2.30. The second kappa shape index (κ2) is 11.1. The van der Waals surface area contributed by atoms with Crippen molar-refractivity contribution in [2.24, 2.45) is 0 Å².